The van der Waals surface area contributed by atoms with Crippen LogP contribution in [-0.2, 0) is 13.1 Å². The zero-order valence-corrected chi connectivity index (χ0v) is 13.4. The molecular weight excluding hydrogens is 336 g/mol. The Morgan fingerprint density at radius 2 is 2.05 bits per heavy atom. The smallest absolute Gasteiger partial charge is 0.0441 e. The van der Waals surface area contributed by atoms with Gasteiger partial charge in [-0.15, -0.1) is 0 Å². The molecule has 0 unspecified atom stereocenters. The van der Waals surface area contributed by atoms with Crippen molar-refractivity contribution in [1.82, 2.24) is 5.32 Å². The summed E-state index contributed by atoms with van der Waals surface area (Å²) in [6, 6.07) is 14.6. The second-order valence-electron chi connectivity index (χ2n) is 4.96. The maximum Gasteiger partial charge on any atom is 0.0441 e. The van der Waals surface area contributed by atoms with Gasteiger partial charge in [0.25, 0.3) is 0 Å². The van der Waals surface area contributed by atoms with Gasteiger partial charge in [0.05, 0.1) is 0 Å². The van der Waals surface area contributed by atoms with Crippen LogP contribution in [-0.4, -0.2) is 13.1 Å². The highest BCUT2D eigenvalue weighted by atomic mass is 79.9. The fourth-order valence-corrected chi connectivity index (χ4v) is 3.35. The van der Waals surface area contributed by atoms with Gasteiger partial charge in [-0.2, -0.15) is 0 Å². The molecule has 0 aromatic heterocycles. The first kappa shape index (κ1) is 13.9. The van der Waals surface area contributed by atoms with Crippen molar-refractivity contribution in [3.63, 3.8) is 0 Å². The highest BCUT2D eigenvalue weighted by Crippen LogP contribution is 2.27. The summed E-state index contributed by atoms with van der Waals surface area (Å²) in [6.07, 6.45) is 0. The van der Waals surface area contributed by atoms with Gasteiger partial charge >= 0.3 is 0 Å². The summed E-state index contributed by atoms with van der Waals surface area (Å²) in [5.41, 5.74) is 3.93. The van der Waals surface area contributed by atoms with Crippen LogP contribution in [0.3, 0.4) is 0 Å². The summed E-state index contributed by atoms with van der Waals surface area (Å²) in [6.45, 7) is 3.83. The van der Waals surface area contributed by atoms with Crippen LogP contribution in [0.4, 0.5) is 5.69 Å². The lowest BCUT2D eigenvalue weighted by Crippen LogP contribution is -2.28. The molecule has 2 aromatic rings. The molecule has 1 N–H and O–H groups in total. The molecule has 1 heterocycles. The van der Waals surface area contributed by atoms with Crippen molar-refractivity contribution in [3.8, 4) is 0 Å². The van der Waals surface area contributed by atoms with Crippen LogP contribution in [0.2, 0.25) is 5.02 Å². The third kappa shape index (κ3) is 3.00. The Labute approximate surface area is 132 Å². The maximum absolute atomic E-state index is 6.01. The normalized spacial score (nSPS) is 14.8. The zero-order valence-electron chi connectivity index (χ0n) is 11.1. The van der Waals surface area contributed by atoms with Gasteiger partial charge < -0.3 is 10.2 Å². The summed E-state index contributed by atoms with van der Waals surface area (Å²) < 4.78 is 1.07. The van der Waals surface area contributed by atoms with Crippen molar-refractivity contribution in [2.24, 2.45) is 0 Å². The van der Waals surface area contributed by atoms with Crippen LogP contribution in [0.5, 0.6) is 0 Å². The molecule has 2 nitrogen and oxygen atoms in total. The molecule has 20 heavy (non-hydrogen) atoms. The van der Waals surface area contributed by atoms with E-state index in [1.807, 2.05) is 12.1 Å². The molecular formula is C16H16BrClN2. The lowest BCUT2D eigenvalue weighted by Gasteiger charge is -2.25. The molecule has 4 heteroatoms. The third-order valence-electron chi connectivity index (χ3n) is 3.58. The van der Waals surface area contributed by atoms with E-state index in [1.54, 1.807) is 0 Å². The average Bonchev–Trinajstić information content (AvgIpc) is 2.65. The Bertz CT molecular complexity index is 615. The first-order valence-electron chi connectivity index (χ1n) is 6.71. The van der Waals surface area contributed by atoms with Crippen molar-refractivity contribution in [3.05, 3.63) is 63.1 Å². The number of hydrogen-bond acceptors (Lipinski definition) is 2. The van der Waals surface area contributed by atoms with Gasteiger partial charge in [0, 0.05) is 41.4 Å². The summed E-state index contributed by atoms with van der Waals surface area (Å²) in [4.78, 5) is 2.42. The molecule has 0 saturated carbocycles. The Hall–Kier alpha value is -1.03. The van der Waals surface area contributed by atoms with Crippen LogP contribution in [0, 0.1) is 0 Å². The molecule has 0 aliphatic carbocycles. The third-order valence-corrected chi connectivity index (χ3v) is 4.56. The van der Waals surface area contributed by atoms with Crippen molar-refractivity contribution in [1.29, 1.82) is 0 Å². The van der Waals surface area contributed by atoms with Crippen LogP contribution >= 0.6 is 27.5 Å². The number of para-hydroxylation sites is 1. The van der Waals surface area contributed by atoms with Gasteiger partial charge in [-0.25, -0.2) is 0 Å². The minimum Gasteiger partial charge on any atom is -0.366 e. The van der Waals surface area contributed by atoms with Gasteiger partial charge in [0.15, 0.2) is 0 Å². The largest absolute Gasteiger partial charge is 0.366 e. The Morgan fingerprint density at radius 3 is 2.90 bits per heavy atom. The minimum atomic E-state index is 0.763. The highest BCUT2D eigenvalue weighted by molar-refractivity contribution is 9.10. The van der Waals surface area contributed by atoms with Crippen LogP contribution < -0.4 is 10.2 Å². The van der Waals surface area contributed by atoms with E-state index in [4.69, 9.17) is 11.6 Å². The Morgan fingerprint density at radius 1 is 1.20 bits per heavy atom. The number of halogens is 2. The van der Waals surface area contributed by atoms with Gasteiger partial charge in [0.1, 0.15) is 0 Å². The van der Waals surface area contributed by atoms with Gasteiger partial charge in [-0.3, -0.25) is 0 Å². The molecule has 2 aromatic carbocycles. The molecule has 1 aliphatic rings. The summed E-state index contributed by atoms with van der Waals surface area (Å²) in [7, 11) is 0. The molecule has 3 rings (SSSR count). The van der Waals surface area contributed by atoms with Crippen LogP contribution in [0.15, 0.2) is 46.9 Å². The molecule has 0 bridgehead atoms. The number of benzene rings is 2. The zero-order chi connectivity index (χ0) is 13.9. The number of fused-ring (bicyclic) bond motifs is 1. The molecule has 1 aliphatic heterocycles. The molecule has 0 fully saturated rings. The first-order valence-corrected chi connectivity index (χ1v) is 7.88. The SMILES string of the molecule is Clc1ccc(CN2CCNCc3ccccc32)c(Br)c1. The molecule has 0 atom stereocenters. The minimum absolute atomic E-state index is 0.763. The average molecular weight is 352 g/mol. The van der Waals surface area contributed by atoms with Gasteiger partial charge in [-0.1, -0.05) is 51.8 Å². The highest BCUT2D eigenvalue weighted by Gasteiger charge is 2.15. The van der Waals surface area contributed by atoms with Crippen molar-refractivity contribution < 1.29 is 0 Å². The van der Waals surface area contributed by atoms with E-state index in [-0.39, 0.29) is 0 Å². The van der Waals surface area contributed by atoms with E-state index in [0.29, 0.717) is 0 Å². The van der Waals surface area contributed by atoms with Crippen LogP contribution in [0.25, 0.3) is 0 Å². The molecule has 0 saturated heterocycles. The summed E-state index contributed by atoms with van der Waals surface area (Å²) in [5, 5.41) is 4.23. The quantitative estimate of drug-likeness (QED) is 0.872. The van der Waals surface area contributed by atoms with Crippen molar-refractivity contribution in [2.75, 3.05) is 18.0 Å². The molecule has 104 valence electrons. The molecule has 0 radical (unpaired) electrons. The van der Waals surface area contributed by atoms with Gasteiger partial charge in [-0.05, 0) is 29.3 Å². The summed E-state index contributed by atoms with van der Waals surface area (Å²) in [5.74, 6) is 0. The number of nitrogens with zero attached hydrogens (tertiary/aromatic N) is 1. The predicted octanol–water partition coefficient (Wildman–Crippen LogP) is 4.21. The molecule has 0 amide bonds. The first-order chi connectivity index (χ1) is 9.74. The fraction of sp³-hybridized carbons (Fsp3) is 0.250. The van der Waals surface area contributed by atoms with E-state index < -0.39 is 0 Å². The monoisotopic (exact) mass is 350 g/mol. The lowest BCUT2D eigenvalue weighted by molar-refractivity contribution is 0.688. The number of nitrogens with one attached hydrogen (secondary N) is 1. The number of hydrogen-bond donors (Lipinski definition) is 1. The van der Waals surface area contributed by atoms with E-state index in [2.05, 4.69) is 56.5 Å². The lowest BCUT2D eigenvalue weighted by atomic mass is 10.1. The Kier molecular flexibility index (Phi) is 4.29. The van der Waals surface area contributed by atoms with Crippen LogP contribution in [0.1, 0.15) is 11.1 Å². The topological polar surface area (TPSA) is 15.3 Å². The summed E-state index contributed by atoms with van der Waals surface area (Å²) >= 11 is 9.62. The van der Waals surface area contributed by atoms with Gasteiger partial charge in [0.2, 0.25) is 0 Å². The van der Waals surface area contributed by atoms with Crippen molar-refractivity contribution in [2.45, 2.75) is 13.1 Å². The second-order valence-corrected chi connectivity index (χ2v) is 6.25. The van der Waals surface area contributed by atoms with E-state index >= 15 is 0 Å². The van der Waals surface area contributed by atoms with Crippen molar-refractivity contribution >= 4 is 33.2 Å². The fourth-order valence-electron chi connectivity index (χ4n) is 2.55. The Balaban J connectivity index is 1.90. The van der Waals surface area contributed by atoms with E-state index in [9.17, 15) is 0 Å². The van der Waals surface area contributed by atoms with E-state index in [0.717, 1.165) is 35.7 Å². The molecule has 0 spiro atoms. The standard InChI is InChI=1S/C16H16BrClN2/c17-15-9-14(18)6-5-13(15)11-20-8-7-19-10-12-3-1-2-4-16(12)20/h1-6,9,19H,7-8,10-11H2. The predicted molar refractivity (Wildman–Crippen MR) is 88.4 cm³/mol. The van der Waals surface area contributed by atoms with E-state index in [1.165, 1.54) is 16.8 Å². The second kappa shape index (κ2) is 6.17. The number of rotatable bonds is 2. The number of anilines is 1. The maximum atomic E-state index is 6.01.